The topological polar surface area (TPSA) is 50.8 Å². The minimum atomic E-state index is -0.0826. The van der Waals surface area contributed by atoms with Crippen LogP contribution in [0.2, 0.25) is 0 Å². The van der Waals surface area contributed by atoms with Gasteiger partial charge in [-0.3, -0.25) is 4.79 Å². The first kappa shape index (κ1) is 19.3. The summed E-state index contributed by atoms with van der Waals surface area (Å²) in [5, 5.41) is 2.95. The molecular weight excluding hydrogens is 316 g/mol. The standard InChI is InChI=1S/C20H30N2O3/c1-24-18-9-10-19(25-2)17(16-18)8-11-20(23)21-12-7-15-22-13-5-3-4-6-14-22/h8-11,16H,3-7,12-15H2,1-2H3,(H,21,23). The number of hydrogen-bond donors (Lipinski definition) is 1. The molecule has 5 nitrogen and oxygen atoms in total. The predicted octanol–water partition coefficient (Wildman–Crippen LogP) is 3.10. The molecule has 1 heterocycles. The molecule has 0 spiro atoms. The number of benzene rings is 1. The van der Waals surface area contributed by atoms with Crippen molar-refractivity contribution in [3.05, 3.63) is 29.8 Å². The van der Waals surface area contributed by atoms with Gasteiger partial charge < -0.3 is 19.7 Å². The van der Waals surface area contributed by atoms with Gasteiger partial charge in [-0.1, -0.05) is 12.8 Å². The summed E-state index contributed by atoms with van der Waals surface area (Å²) >= 11 is 0. The molecule has 25 heavy (non-hydrogen) atoms. The van der Waals surface area contributed by atoms with Gasteiger partial charge in [-0.05, 0) is 63.2 Å². The Balaban J connectivity index is 1.75. The van der Waals surface area contributed by atoms with Crippen LogP contribution in [0.3, 0.4) is 0 Å². The van der Waals surface area contributed by atoms with Crippen LogP contribution in [0.25, 0.3) is 6.08 Å². The number of rotatable bonds is 8. The largest absolute Gasteiger partial charge is 0.497 e. The molecule has 1 aromatic carbocycles. The first-order chi connectivity index (χ1) is 12.2. The molecule has 0 radical (unpaired) electrons. The van der Waals surface area contributed by atoms with Crippen LogP contribution >= 0.6 is 0 Å². The normalized spacial score (nSPS) is 15.8. The highest BCUT2D eigenvalue weighted by Gasteiger charge is 2.08. The van der Waals surface area contributed by atoms with E-state index in [4.69, 9.17) is 9.47 Å². The number of nitrogens with one attached hydrogen (secondary N) is 1. The second-order valence-corrected chi connectivity index (χ2v) is 6.34. The second-order valence-electron chi connectivity index (χ2n) is 6.34. The van der Waals surface area contributed by atoms with Gasteiger partial charge in [0.1, 0.15) is 11.5 Å². The van der Waals surface area contributed by atoms with E-state index in [0.29, 0.717) is 12.3 Å². The van der Waals surface area contributed by atoms with E-state index in [-0.39, 0.29) is 5.91 Å². The van der Waals surface area contributed by atoms with Gasteiger partial charge in [-0.15, -0.1) is 0 Å². The lowest BCUT2D eigenvalue weighted by molar-refractivity contribution is -0.116. The summed E-state index contributed by atoms with van der Waals surface area (Å²) in [6, 6.07) is 5.51. The Morgan fingerprint density at radius 2 is 1.92 bits per heavy atom. The molecule has 138 valence electrons. The number of carbonyl (C=O) groups is 1. The maximum Gasteiger partial charge on any atom is 0.244 e. The Hall–Kier alpha value is -2.01. The van der Waals surface area contributed by atoms with Crippen molar-refractivity contribution in [3.8, 4) is 11.5 Å². The summed E-state index contributed by atoms with van der Waals surface area (Å²) < 4.78 is 10.5. The van der Waals surface area contributed by atoms with E-state index >= 15 is 0 Å². The lowest BCUT2D eigenvalue weighted by Crippen LogP contribution is -2.30. The van der Waals surface area contributed by atoms with Gasteiger partial charge >= 0.3 is 0 Å². The van der Waals surface area contributed by atoms with E-state index in [1.807, 2.05) is 18.2 Å². The zero-order valence-electron chi connectivity index (χ0n) is 15.4. The smallest absolute Gasteiger partial charge is 0.244 e. The molecule has 2 rings (SSSR count). The molecule has 0 aromatic heterocycles. The van der Waals surface area contributed by atoms with Crippen LogP contribution in [0.15, 0.2) is 24.3 Å². The predicted molar refractivity (Wildman–Crippen MR) is 101 cm³/mol. The molecule has 0 unspecified atom stereocenters. The van der Waals surface area contributed by atoms with Crippen LogP contribution in [0.1, 0.15) is 37.7 Å². The maximum atomic E-state index is 12.0. The summed E-state index contributed by atoms with van der Waals surface area (Å²) in [6.45, 7) is 4.16. The van der Waals surface area contributed by atoms with Gasteiger partial charge in [0.15, 0.2) is 0 Å². The van der Waals surface area contributed by atoms with Crippen LogP contribution in [-0.2, 0) is 4.79 Å². The molecular formula is C20H30N2O3. The Bertz CT molecular complexity index is 564. The van der Waals surface area contributed by atoms with E-state index in [0.717, 1.165) is 24.3 Å². The molecule has 1 aliphatic heterocycles. The van der Waals surface area contributed by atoms with Gasteiger partial charge in [0.25, 0.3) is 0 Å². The zero-order chi connectivity index (χ0) is 17.9. The van der Waals surface area contributed by atoms with Gasteiger partial charge in [-0.2, -0.15) is 0 Å². The molecule has 0 atom stereocenters. The number of ether oxygens (including phenoxy) is 2. The maximum absolute atomic E-state index is 12.0. The zero-order valence-corrected chi connectivity index (χ0v) is 15.4. The monoisotopic (exact) mass is 346 g/mol. The highest BCUT2D eigenvalue weighted by Crippen LogP contribution is 2.24. The van der Waals surface area contributed by atoms with Gasteiger partial charge in [0.2, 0.25) is 5.91 Å². The van der Waals surface area contributed by atoms with Crippen molar-refractivity contribution in [3.63, 3.8) is 0 Å². The van der Waals surface area contributed by atoms with Crippen LogP contribution < -0.4 is 14.8 Å². The molecule has 1 aromatic rings. The van der Waals surface area contributed by atoms with E-state index < -0.39 is 0 Å². The average molecular weight is 346 g/mol. The number of methoxy groups -OCH3 is 2. The fourth-order valence-corrected chi connectivity index (χ4v) is 3.07. The second kappa shape index (κ2) is 10.8. The molecule has 1 saturated heterocycles. The molecule has 0 aliphatic carbocycles. The summed E-state index contributed by atoms with van der Waals surface area (Å²) in [5.41, 5.74) is 0.821. The Morgan fingerprint density at radius 3 is 2.60 bits per heavy atom. The number of likely N-dealkylation sites (tertiary alicyclic amines) is 1. The Labute approximate surface area is 151 Å². The molecule has 1 amide bonds. The van der Waals surface area contributed by atoms with Crippen molar-refractivity contribution in [2.45, 2.75) is 32.1 Å². The molecule has 1 fully saturated rings. The lowest BCUT2D eigenvalue weighted by atomic mass is 10.1. The molecule has 0 saturated carbocycles. The molecule has 1 N–H and O–H groups in total. The van der Waals surface area contributed by atoms with Crippen molar-refractivity contribution < 1.29 is 14.3 Å². The minimum absolute atomic E-state index is 0.0826. The molecule has 0 bridgehead atoms. The summed E-state index contributed by atoms with van der Waals surface area (Å²) in [6.07, 6.45) is 9.60. The molecule has 1 aliphatic rings. The van der Waals surface area contributed by atoms with Crippen LogP contribution in [-0.4, -0.2) is 51.2 Å². The van der Waals surface area contributed by atoms with Crippen molar-refractivity contribution in [2.24, 2.45) is 0 Å². The van der Waals surface area contributed by atoms with Crippen LogP contribution in [0.5, 0.6) is 11.5 Å². The Morgan fingerprint density at radius 1 is 1.16 bits per heavy atom. The number of carbonyl (C=O) groups excluding carboxylic acids is 1. The minimum Gasteiger partial charge on any atom is -0.497 e. The van der Waals surface area contributed by atoms with Crippen LogP contribution in [0.4, 0.5) is 0 Å². The van der Waals surface area contributed by atoms with E-state index in [2.05, 4.69) is 10.2 Å². The first-order valence-electron chi connectivity index (χ1n) is 9.13. The third-order valence-corrected chi connectivity index (χ3v) is 4.50. The number of amides is 1. The summed E-state index contributed by atoms with van der Waals surface area (Å²) in [7, 11) is 3.23. The van der Waals surface area contributed by atoms with Crippen molar-refractivity contribution in [1.82, 2.24) is 10.2 Å². The lowest BCUT2D eigenvalue weighted by Gasteiger charge is -2.19. The molecule has 5 heteroatoms. The van der Waals surface area contributed by atoms with E-state index in [1.165, 1.54) is 38.8 Å². The highest BCUT2D eigenvalue weighted by atomic mass is 16.5. The highest BCUT2D eigenvalue weighted by molar-refractivity contribution is 5.92. The summed E-state index contributed by atoms with van der Waals surface area (Å²) in [5.74, 6) is 1.37. The SMILES string of the molecule is COc1ccc(OC)c(C=CC(=O)NCCCN2CCCCCC2)c1. The van der Waals surface area contributed by atoms with Crippen LogP contribution in [0, 0.1) is 0 Å². The van der Waals surface area contributed by atoms with E-state index in [1.54, 1.807) is 26.4 Å². The van der Waals surface area contributed by atoms with Gasteiger partial charge in [-0.25, -0.2) is 0 Å². The number of nitrogens with zero attached hydrogens (tertiary/aromatic N) is 1. The number of hydrogen-bond acceptors (Lipinski definition) is 4. The third kappa shape index (κ3) is 6.78. The van der Waals surface area contributed by atoms with E-state index in [9.17, 15) is 4.79 Å². The summed E-state index contributed by atoms with van der Waals surface area (Å²) in [4.78, 5) is 14.5. The first-order valence-corrected chi connectivity index (χ1v) is 9.13. The Kier molecular flexibility index (Phi) is 8.32. The van der Waals surface area contributed by atoms with Crippen molar-refractivity contribution in [1.29, 1.82) is 0 Å². The fraction of sp³-hybridized carbons (Fsp3) is 0.550. The third-order valence-electron chi connectivity index (χ3n) is 4.50. The van der Waals surface area contributed by atoms with Crippen molar-refractivity contribution >= 4 is 12.0 Å². The fourth-order valence-electron chi connectivity index (χ4n) is 3.07. The van der Waals surface area contributed by atoms with Gasteiger partial charge in [0.05, 0.1) is 14.2 Å². The quantitative estimate of drug-likeness (QED) is 0.580. The average Bonchev–Trinajstić information content (AvgIpc) is 2.92. The van der Waals surface area contributed by atoms with Crippen molar-refractivity contribution in [2.75, 3.05) is 40.4 Å². The van der Waals surface area contributed by atoms with Gasteiger partial charge in [0, 0.05) is 18.2 Å².